The maximum Gasteiger partial charge on any atom is 0.358 e. The van der Waals surface area contributed by atoms with Crippen molar-refractivity contribution in [1.29, 1.82) is 0 Å². The van der Waals surface area contributed by atoms with Crippen molar-refractivity contribution in [3.8, 4) is 0 Å². The van der Waals surface area contributed by atoms with Gasteiger partial charge in [-0.15, -0.1) is 10.2 Å². The number of carbonyl (C=O) groups is 1. The summed E-state index contributed by atoms with van der Waals surface area (Å²) in [7, 11) is 0. The second-order valence-corrected chi connectivity index (χ2v) is 5.74. The highest BCUT2D eigenvalue weighted by Crippen LogP contribution is 2.27. The Kier molecular flexibility index (Phi) is 4.37. The SMILES string of the molecule is CC(C)(CCO)CNc1c(C(=O)O)nnc2ccccc12. The van der Waals surface area contributed by atoms with E-state index >= 15 is 0 Å². The second-order valence-electron chi connectivity index (χ2n) is 5.74. The number of nitrogens with zero attached hydrogens (tertiary/aromatic N) is 2. The molecule has 0 spiro atoms. The number of hydrogen-bond acceptors (Lipinski definition) is 5. The summed E-state index contributed by atoms with van der Waals surface area (Å²) >= 11 is 0. The van der Waals surface area contributed by atoms with Gasteiger partial charge >= 0.3 is 5.97 Å². The van der Waals surface area contributed by atoms with Crippen molar-refractivity contribution in [2.45, 2.75) is 20.3 Å². The van der Waals surface area contributed by atoms with Crippen LogP contribution in [0.25, 0.3) is 10.9 Å². The standard InChI is InChI=1S/C15H19N3O3/c1-15(2,7-8-19)9-16-12-10-5-3-4-6-11(10)17-18-13(12)14(20)21/h3-6,19H,7-9H2,1-2H3,(H,16,17)(H,20,21). The first-order chi connectivity index (χ1) is 9.94. The third-order valence-electron chi connectivity index (χ3n) is 3.40. The molecule has 0 aliphatic heterocycles. The molecule has 0 aliphatic rings. The quantitative estimate of drug-likeness (QED) is 0.754. The molecular formula is C15H19N3O3. The van der Waals surface area contributed by atoms with Gasteiger partial charge in [0.25, 0.3) is 0 Å². The van der Waals surface area contributed by atoms with Crippen LogP contribution in [0.2, 0.25) is 0 Å². The molecule has 1 aromatic heterocycles. The molecule has 0 bridgehead atoms. The number of benzene rings is 1. The summed E-state index contributed by atoms with van der Waals surface area (Å²) in [4.78, 5) is 11.3. The van der Waals surface area contributed by atoms with E-state index in [-0.39, 0.29) is 17.7 Å². The summed E-state index contributed by atoms with van der Waals surface area (Å²) in [5.74, 6) is -1.12. The smallest absolute Gasteiger partial charge is 0.358 e. The minimum Gasteiger partial charge on any atom is -0.476 e. The van der Waals surface area contributed by atoms with Crippen molar-refractivity contribution in [3.63, 3.8) is 0 Å². The van der Waals surface area contributed by atoms with E-state index in [4.69, 9.17) is 5.11 Å². The fraction of sp³-hybridized carbons (Fsp3) is 0.400. The molecule has 2 aromatic rings. The van der Waals surface area contributed by atoms with Gasteiger partial charge < -0.3 is 15.5 Å². The largest absolute Gasteiger partial charge is 0.476 e. The lowest BCUT2D eigenvalue weighted by molar-refractivity contribution is 0.0690. The van der Waals surface area contributed by atoms with Crippen LogP contribution in [0.15, 0.2) is 24.3 Å². The number of fused-ring (bicyclic) bond motifs is 1. The Labute approximate surface area is 122 Å². The van der Waals surface area contributed by atoms with Crippen LogP contribution in [-0.2, 0) is 0 Å². The maximum atomic E-state index is 11.3. The highest BCUT2D eigenvalue weighted by Gasteiger charge is 2.21. The van der Waals surface area contributed by atoms with Gasteiger partial charge in [0.2, 0.25) is 0 Å². The lowest BCUT2D eigenvalue weighted by atomic mass is 9.89. The number of aromatic carboxylic acids is 1. The van der Waals surface area contributed by atoms with E-state index in [9.17, 15) is 9.90 Å². The predicted octanol–water partition coefficient (Wildman–Crippen LogP) is 2.15. The van der Waals surface area contributed by atoms with Gasteiger partial charge in [-0.05, 0) is 17.9 Å². The normalized spacial score (nSPS) is 11.6. The molecule has 0 unspecified atom stereocenters. The zero-order chi connectivity index (χ0) is 15.5. The van der Waals surface area contributed by atoms with Gasteiger partial charge in [-0.1, -0.05) is 32.0 Å². The third-order valence-corrected chi connectivity index (χ3v) is 3.40. The van der Waals surface area contributed by atoms with Crippen molar-refractivity contribution in [2.24, 2.45) is 5.41 Å². The van der Waals surface area contributed by atoms with E-state index in [2.05, 4.69) is 15.5 Å². The molecule has 0 amide bonds. The highest BCUT2D eigenvalue weighted by molar-refractivity contribution is 6.02. The van der Waals surface area contributed by atoms with Crippen molar-refractivity contribution in [1.82, 2.24) is 10.2 Å². The molecule has 1 heterocycles. The van der Waals surface area contributed by atoms with E-state index in [0.717, 1.165) is 5.39 Å². The van der Waals surface area contributed by atoms with E-state index in [0.29, 0.717) is 24.2 Å². The summed E-state index contributed by atoms with van der Waals surface area (Å²) in [6.07, 6.45) is 0.624. The van der Waals surface area contributed by atoms with Crippen molar-refractivity contribution in [2.75, 3.05) is 18.5 Å². The number of carboxylic acids is 1. The molecule has 2 rings (SSSR count). The van der Waals surface area contributed by atoms with Gasteiger partial charge in [0.1, 0.15) is 0 Å². The van der Waals surface area contributed by atoms with Crippen molar-refractivity contribution >= 4 is 22.6 Å². The third kappa shape index (κ3) is 3.46. The predicted molar refractivity (Wildman–Crippen MR) is 80.5 cm³/mol. The molecule has 0 saturated heterocycles. The number of carboxylic acid groups (broad SMARTS) is 1. The molecule has 6 heteroatoms. The Morgan fingerprint density at radius 1 is 1.29 bits per heavy atom. The van der Waals surface area contributed by atoms with Crippen molar-refractivity contribution < 1.29 is 15.0 Å². The zero-order valence-electron chi connectivity index (χ0n) is 12.1. The molecule has 3 N–H and O–H groups in total. The minimum absolute atomic E-state index is 0.0894. The first-order valence-corrected chi connectivity index (χ1v) is 6.78. The Bertz CT molecular complexity index is 656. The summed E-state index contributed by atoms with van der Waals surface area (Å²) in [5.41, 5.74) is 0.868. The van der Waals surface area contributed by atoms with E-state index in [1.54, 1.807) is 6.07 Å². The average Bonchev–Trinajstić information content (AvgIpc) is 2.44. The van der Waals surface area contributed by atoms with Crippen LogP contribution in [0.5, 0.6) is 0 Å². The Hall–Kier alpha value is -2.21. The van der Waals surface area contributed by atoms with Crippen LogP contribution in [0.4, 0.5) is 5.69 Å². The van der Waals surface area contributed by atoms with Crippen molar-refractivity contribution in [3.05, 3.63) is 30.0 Å². The second kappa shape index (κ2) is 6.05. The van der Waals surface area contributed by atoms with Crippen LogP contribution in [0.3, 0.4) is 0 Å². The summed E-state index contributed by atoms with van der Waals surface area (Å²) < 4.78 is 0. The number of aromatic nitrogens is 2. The van der Waals surface area contributed by atoms with Gasteiger partial charge in [0.15, 0.2) is 5.69 Å². The molecule has 21 heavy (non-hydrogen) atoms. The summed E-state index contributed by atoms with van der Waals surface area (Å²) in [6, 6.07) is 7.27. The monoisotopic (exact) mass is 289 g/mol. The van der Waals surface area contributed by atoms with E-state index in [1.165, 1.54) is 0 Å². The fourth-order valence-corrected chi connectivity index (χ4v) is 2.10. The molecule has 0 saturated carbocycles. The maximum absolute atomic E-state index is 11.3. The van der Waals surface area contributed by atoms with Crippen LogP contribution >= 0.6 is 0 Å². The molecule has 0 radical (unpaired) electrons. The average molecular weight is 289 g/mol. The first-order valence-electron chi connectivity index (χ1n) is 6.78. The molecule has 0 atom stereocenters. The number of aliphatic hydroxyl groups is 1. The number of rotatable bonds is 6. The highest BCUT2D eigenvalue weighted by atomic mass is 16.4. The van der Waals surface area contributed by atoms with Crippen LogP contribution < -0.4 is 5.32 Å². The number of anilines is 1. The molecule has 0 aliphatic carbocycles. The topological polar surface area (TPSA) is 95.3 Å². The Morgan fingerprint density at radius 2 is 2.00 bits per heavy atom. The van der Waals surface area contributed by atoms with Gasteiger partial charge in [-0.25, -0.2) is 4.79 Å². The Balaban J connectivity index is 2.40. The van der Waals surface area contributed by atoms with E-state index in [1.807, 2.05) is 32.0 Å². The van der Waals surface area contributed by atoms with Gasteiger partial charge in [-0.2, -0.15) is 0 Å². The summed E-state index contributed by atoms with van der Waals surface area (Å²) in [5, 5.41) is 30.0. The zero-order valence-corrected chi connectivity index (χ0v) is 12.1. The van der Waals surface area contributed by atoms with Gasteiger partial charge in [0, 0.05) is 18.5 Å². The molecular weight excluding hydrogens is 270 g/mol. The molecule has 112 valence electrons. The molecule has 6 nitrogen and oxygen atoms in total. The minimum atomic E-state index is -1.12. The number of aliphatic hydroxyl groups excluding tert-OH is 1. The number of hydrogen-bond donors (Lipinski definition) is 3. The van der Waals surface area contributed by atoms with Crippen LogP contribution in [0, 0.1) is 5.41 Å². The number of nitrogens with one attached hydrogen (secondary N) is 1. The lowest BCUT2D eigenvalue weighted by Crippen LogP contribution is -2.25. The Morgan fingerprint density at radius 3 is 2.67 bits per heavy atom. The van der Waals surface area contributed by atoms with Gasteiger partial charge in [-0.3, -0.25) is 0 Å². The fourth-order valence-electron chi connectivity index (χ4n) is 2.10. The van der Waals surface area contributed by atoms with E-state index < -0.39 is 5.97 Å². The van der Waals surface area contributed by atoms with Gasteiger partial charge in [0.05, 0.1) is 11.2 Å². The van der Waals surface area contributed by atoms with Crippen LogP contribution in [0.1, 0.15) is 30.8 Å². The van der Waals surface area contributed by atoms with Crippen LogP contribution in [-0.4, -0.2) is 39.5 Å². The molecule has 1 aromatic carbocycles. The lowest BCUT2D eigenvalue weighted by Gasteiger charge is -2.25. The molecule has 0 fully saturated rings. The first kappa shape index (κ1) is 15.2. The summed E-state index contributed by atoms with van der Waals surface area (Å²) in [6.45, 7) is 4.64.